The zero-order valence-electron chi connectivity index (χ0n) is 10.9. The van der Waals surface area contributed by atoms with Crippen molar-refractivity contribution in [1.29, 1.82) is 0 Å². The molecule has 5 heteroatoms. The second-order valence-electron chi connectivity index (χ2n) is 5.33. The highest BCUT2D eigenvalue weighted by atomic mass is 79.9. The molecule has 0 fully saturated rings. The normalized spacial score (nSPS) is 11.8. The molecule has 0 aliphatic heterocycles. The van der Waals surface area contributed by atoms with E-state index in [2.05, 4.69) is 26.1 Å². The van der Waals surface area contributed by atoms with E-state index in [9.17, 15) is 0 Å². The molecule has 2 N–H and O–H groups in total. The summed E-state index contributed by atoms with van der Waals surface area (Å²) in [7, 11) is 0. The van der Waals surface area contributed by atoms with E-state index >= 15 is 0 Å². The number of benzene rings is 1. The lowest BCUT2D eigenvalue weighted by atomic mass is 9.97. The lowest BCUT2D eigenvalue weighted by Crippen LogP contribution is -2.11. The van der Waals surface area contributed by atoms with Gasteiger partial charge in [0, 0.05) is 21.1 Å². The topological polar surface area (TPSA) is 64.9 Å². The Morgan fingerprint density at radius 2 is 1.89 bits per heavy atom. The van der Waals surface area contributed by atoms with Crippen LogP contribution in [0.3, 0.4) is 0 Å². The molecule has 1 aromatic heterocycles. The van der Waals surface area contributed by atoms with Crippen molar-refractivity contribution < 1.29 is 4.42 Å². The van der Waals surface area contributed by atoms with Gasteiger partial charge in [-0.15, -0.1) is 10.2 Å². The first-order chi connectivity index (χ1) is 8.29. The van der Waals surface area contributed by atoms with Gasteiger partial charge < -0.3 is 10.2 Å². The number of rotatable bonds is 1. The Labute approximate surface area is 115 Å². The highest BCUT2D eigenvalue weighted by molar-refractivity contribution is 9.10. The minimum absolute atomic E-state index is 0.156. The van der Waals surface area contributed by atoms with Crippen LogP contribution in [0.1, 0.15) is 32.2 Å². The first-order valence-electron chi connectivity index (χ1n) is 5.69. The molecular weight excluding hydrogens is 294 g/mol. The summed E-state index contributed by atoms with van der Waals surface area (Å²) in [5.74, 6) is 1.13. The van der Waals surface area contributed by atoms with Crippen LogP contribution in [-0.2, 0) is 5.41 Å². The van der Waals surface area contributed by atoms with Crippen LogP contribution in [0.4, 0.5) is 5.69 Å². The Morgan fingerprint density at radius 1 is 1.22 bits per heavy atom. The Morgan fingerprint density at radius 3 is 2.44 bits per heavy atom. The van der Waals surface area contributed by atoms with Gasteiger partial charge in [0.2, 0.25) is 11.8 Å². The van der Waals surface area contributed by atoms with Crippen molar-refractivity contribution in [3.8, 4) is 11.5 Å². The fourth-order valence-electron chi connectivity index (χ4n) is 1.56. The second-order valence-corrected chi connectivity index (χ2v) is 6.25. The Hall–Kier alpha value is -1.36. The van der Waals surface area contributed by atoms with Gasteiger partial charge in [-0.1, -0.05) is 36.7 Å². The van der Waals surface area contributed by atoms with Crippen molar-refractivity contribution in [3.05, 3.63) is 28.1 Å². The zero-order chi connectivity index (χ0) is 13.5. The monoisotopic (exact) mass is 309 g/mol. The maximum absolute atomic E-state index is 5.93. The van der Waals surface area contributed by atoms with E-state index in [1.165, 1.54) is 0 Å². The molecule has 4 nitrogen and oxygen atoms in total. The van der Waals surface area contributed by atoms with E-state index in [1.54, 1.807) is 0 Å². The summed E-state index contributed by atoms with van der Waals surface area (Å²) in [6.07, 6.45) is 0. The number of halogens is 1. The third-order valence-electron chi connectivity index (χ3n) is 2.71. The van der Waals surface area contributed by atoms with E-state index in [-0.39, 0.29) is 5.41 Å². The second kappa shape index (κ2) is 4.39. The number of nitrogens with zero attached hydrogens (tertiary/aromatic N) is 2. The van der Waals surface area contributed by atoms with Gasteiger partial charge >= 0.3 is 0 Å². The van der Waals surface area contributed by atoms with E-state index in [0.29, 0.717) is 17.5 Å². The van der Waals surface area contributed by atoms with Crippen molar-refractivity contribution in [1.82, 2.24) is 10.2 Å². The summed E-state index contributed by atoms with van der Waals surface area (Å²) >= 11 is 3.42. The van der Waals surface area contributed by atoms with E-state index in [4.69, 9.17) is 10.2 Å². The fourth-order valence-corrected chi connectivity index (χ4v) is 2.03. The molecule has 0 spiro atoms. The van der Waals surface area contributed by atoms with Crippen LogP contribution < -0.4 is 5.73 Å². The largest absolute Gasteiger partial charge is 0.420 e. The van der Waals surface area contributed by atoms with Gasteiger partial charge in [-0.2, -0.15) is 0 Å². The van der Waals surface area contributed by atoms with Crippen LogP contribution >= 0.6 is 15.9 Å². The minimum Gasteiger partial charge on any atom is -0.420 e. The first kappa shape index (κ1) is 13.1. The number of hydrogen-bond acceptors (Lipinski definition) is 4. The molecule has 0 unspecified atom stereocenters. The summed E-state index contributed by atoms with van der Waals surface area (Å²) in [5.41, 5.74) is 8.29. The predicted molar refractivity (Wildman–Crippen MR) is 75.3 cm³/mol. The molecule has 1 heterocycles. The van der Waals surface area contributed by atoms with Gasteiger partial charge in [0.15, 0.2) is 0 Å². The van der Waals surface area contributed by atoms with Crippen molar-refractivity contribution in [2.45, 2.75) is 33.1 Å². The van der Waals surface area contributed by atoms with Crippen LogP contribution in [0, 0.1) is 6.92 Å². The Balaban J connectivity index is 2.53. The van der Waals surface area contributed by atoms with Gasteiger partial charge in [0.1, 0.15) is 0 Å². The summed E-state index contributed by atoms with van der Waals surface area (Å²) < 4.78 is 6.63. The molecule has 0 bridgehead atoms. The summed E-state index contributed by atoms with van der Waals surface area (Å²) in [5, 5.41) is 8.19. The van der Waals surface area contributed by atoms with Crippen molar-refractivity contribution in [3.63, 3.8) is 0 Å². The third kappa shape index (κ3) is 2.41. The van der Waals surface area contributed by atoms with E-state index in [1.807, 2.05) is 39.8 Å². The van der Waals surface area contributed by atoms with Gasteiger partial charge in [-0.3, -0.25) is 0 Å². The molecule has 0 atom stereocenters. The first-order valence-corrected chi connectivity index (χ1v) is 6.48. The SMILES string of the molecule is Cc1c(N)cc(Br)cc1-c1nnc(C(C)(C)C)o1. The molecule has 0 saturated carbocycles. The van der Waals surface area contributed by atoms with Crippen molar-refractivity contribution in [2.75, 3.05) is 5.73 Å². The molecule has 0 aliphatic carbocycles. The average Bonchev–Trinajstić information content (AvgIpc) is 2.71. The maximum atomic E-state index is 5.93. The molecule has 0 aliphatic rings. The van der Waals surface area contributed by atoms with Crippen molar-refractivity contribution in [2.24, 2.45) is 0 Å². The number of nitrogens with two attached hydrogens (primary N) is 1. The highest BCUT2D eigenvalue weighted by Gasteiger charge is 2.22. The van der Waals surface area contributed by atoms with Crippen LogP contribution in [0.25, 0.3) is 11.5 Å². The average molecular weight is 310 g/mol. The van der Waals surface area contributed by atoms with Crippen LogP contribution in [-0.4, -0.2) is 10.2 Å². The zero-order valence-corrected chi connectivity index (χ0v) is 12.5. The smallest absolute Gasteiger partial charge is 0.248 e. The predicted octanol–water partition coefficient (Wildman–Crippen LogP) is 3.69. The molecule has 2 rings (SSSR count). The van der Waals surface area contributed by atoms with Gasteiger partial charge in [0.25, 0.3) is 0 Å². The van der Waals surface area contributed by atoms with E-state index in [0.717, 1.165) is 15.6 Å². The Bertz CT molecular complexity index is 584. The summed E-state index contributed by atoms with van der Waals surface area (Å²) in [4.78, 5) is 0. The molecule has 0 saturated heterocycles. The number of nitrogen functional groups attached to an aromatic ring is 1. The van der Waals surface area contributed by atoms with Crippen LogP contribution in [0.2, 0.25) is 0 Å². The molecule has 96 valence electrons. The number of anilines is 1. The highest BCUT2D eigenvalue weighted by Crippen LogP contribution is 2.32. The van der Waals surface area contributed by atoms with Crippen LogP contribution in [0.15, 0.2) is 21.0 Å². The van der Waals surface area contributed by atoms with Crippen molar-refractivity contribution >= 4 is 21.6 Å². The van der Waals surface area contributed by atoms with Gasteiger partial charge in [-0.05, 0) is 24.6 Å². The fraction of sp³-hybridized carbons (Fsp3) is 0.385. The number of hydrogen-bond donors (Lipinski definition) is 1. The molecule has 0 radical (unpaired) electrons. The summed E-state index contributed by atoms with van der Waals surface area (Å²) in [6, 6.07) is 3.80. The van der Waals surface area contributed by atoms with Crippen LogP contribution in [0.5, 0.6) is 0 Å². The molecule has 2 aromatic rings. The van der Waals surface area contributed by atoms with Gasteiger partial charge in [0.05, 0.1) is 0 Å². The van der Waals surface area contributed by atoms with E-state index < -0.39 is 0 Å². The molecule has 0 amide bonds. The molecule has 18 heavy (non-hydrogen) atoms. The number of aromatic nitrogens is 2. The Kier molecular flexibility index (Phi) is 3.19. The molecular formula is C13H16BrN3O. The summed E-state index contributed by atoms with van der Waals surface area (Å²) in [6.45, 7) is 8.04. The third-order valence-corrected chi connectivity index (χ3v) is 3.17. The lowest BCUT2D eigenvalue weighted by molar-refractivity contribution is 0.399. The molecule has 1 aromatic carbocycles. The van der Waals surface area contributed by atoms with Gasteiger partial charge in [-0.25, -0.2) is 0 Å². The quantitative estimate of drug-likeness (QED) is 0.816. The maximum Gasteiger partial charge on any atom is 0.248 e. The minimum atomic E-state index is -0.156. The lowest BCUT2D eigenvalue weighted by Gasteiger charge is -2.11. The standard InChI is InChI=1S/C13H16BrN3O/c1-7-9(5-8(14)6-10(7)15)11-16-17-12(18-11)13(2,3)4/h5-6H,15H2,1-4H3.